The molecule has 0 aliphatic carbocycles. The molecule has 0 radical (unpaired) electrons. The topological polar surface area (TPSA) is 20.2 Å². The van der Waals surface area contributed by atoms with Gasteiger partial charge >= 0.3 is 0 Å². The summed E-state index contributed by atoms with van der Waals surface area (Å²) in [5.41, 5.74) is 1.08. The number of hydrogen-bond acceptors (Lipinski definition) is 2. The molecule has 0 aliphatic heterocycles. The van der Waals surface area contributed by atoms with E-state index < -0.39 is 0 Å². The summed E-state index contributed by atoms with van der Waals surface area (Å²) < 4.78 is 1.12. The van der Waals surface area contributed by atoms with Gasteiger partial charge in [-0.05, 0) is 45.6 Å². The number of thiophene rings is 1. The predicted molar refractivity (Wildman–Crippen MR) is 61.9 cm³/mol. The average Bonchev–Trinajstić information content (AvgIpc) is 2.46. The molecular weight excluding hydrogens is 248 g/mol. The number of halogens is 1. The first-order valence-corrected chi connectivity index (χ1v) is 5.81. The van der Waals surface area contributed by atoms with Gasteiger partial charge in [-0.25, -0.2) is 0 Å². The van der Waals surface area contributed by atoms with Crippen LogP contribution in [0.1, 0.15) is 18.7 Å². The predicted octanol–water partition coefficient (Wildman–Crippen LogP) is 3.54. The molecule has 1 nitrogen and oxygen atoms in total. The first-order chi connectivity index (χ1) is 6.13. The van der Waals surface area contributed by atoms with Gasteiger partial charge in [0.1, 0.15) is 0 Å². The molecule has 1 aromatic rings. The van der Waals surface area contributed by atoms with E-state index in [1.54, 1.807) is 11.3 Å². The molecule has 1 aromatic heterocycles. The molecule has 1 N–H and O–H groups in total. The molecule has 0 aromatic carbocycles. The second kappa shape index (κ2) is 4.94. The van der Waals surface area contributed by atoms with E-state index in [9.17, 15) is 0 Å². The van der Waals surface area contributed by atoms with E-state index in [4.69, 9.17) is 5.11 Å². The van der Waals surface area contributed by atoms with Crippen LogP contribution >= 0.6 is 27.3 Å². The minimum absolute atomic E-state index is 0.146. The van der Waals surface area contributed by atoms with E-state index in [1.165, 1.54) is 4.88 Å². The zero-order valence-corrected chi connectivity index (χ0v) is 10.2. The Kier molecular flexibility index (Phi) is 4.16. The van der Waals surface area contributed by atoms with Crippen LogP contribution in [0.3, 0.4) is 0 Å². The van der Waals surface area contributed by atoms with Crippen molar-refractivity contribution in [3.8, 4) is 0 Å². The highest BCUT2D eigenvalue weighted by Crippen LogP contribution is 2.25. The molecule has 0 atom stereocenters. The van der Waals surface area contributed by atoms with Crippen LogP contribution in [0.5, 0.6) is 0 Å². The van der Waals surface area contributed by atoms with Gasteiger partial charge < -0.3 is 5.11 Å². The number of hydrogen-bond donors (Lipinski definition) is 1. The highest BCUT2D eigenvalue weighted by Gasteiger charge is 2.02. The summed E-state index contributed by atoms with van der Waals surface area (Å²) in [6.07, 6.45) is 2.06. The second-order valence-electron chi connectivity index (χ2n) is 3.17. The second-order valence-corrected chi connectivity index (χ2v) is 5.67. The van der Waals surface area contributed by atoms with Gasteiger partial charge in [-0.1, -0.05) is 13.8 Å². The largest absolute Gasteiger partial charge is 0.392 e. The van der Waals surface area contributed by atoms with E-state index in [0.29, 0.717) is 5.92 Å². The molecule has 0 bridgehead atoms. The Hall–Kier alpha value is -0.120. The van der Waals surface area contributed by atoms with Crippen molar-refractivity contribution in [3.05, 3.63) is 26.4 Å². The maximum atomic E-state index is 9.09. The Morgan fingerprint density at radius 3 is 2.69 bits per heavy atom. The molecule has 3 heteroatoms. The fraction of sp³-hybridized carbons (Fsp3) is 0.400. The normalized spacial score (nSPS) is 12.5. The first-order valence-electron chi connectivity index (χ1n) is 4.20. The van der Waals surface area contributed by atoms with Gasteiger partial charge in [-0.2, -0.15) is 0 Å². The van der Waals surface area contributed by atoms with Gasteiger partial charge in [0.2, 0.25) is 0 Å². The highest BCUT2D eigenvalue weighted by atomic mass is 79.9. The third-order valence-corrected chi connectivity index (χ3v) is 3.42. The van der Waals surface area contributed by atoms with Gasteiger partial charge in [-0.3, -0.25) is 0 Å². The zero-order chi connectivity index (χ0) is 9.84. The van der Waals surface area contributed by atoms with E-state index in [-0.39, 0.29) is 6.61 Å². The van der Waals surface area contributed by atoms with Crippen LogP contribution in [-0.4, -0.2) is 11.7 Å². The first kappa shape index (κ1) is 11.0. The molecule has 0 fully saturated rings. The van der Waals surface area contributed by atoms with E-state index in [2.05, 4.69) is 35.9 Å². The molecule has 72 valence electrons. The van der Waals surface area contributed by atoms with Gasteiger partial charge in [-0.15, -0.1) is 11.3 Å². The van der Waals surface area contributed by atoms with Crippen LogP contribution in [0.2, 0.25) is 0 Å². The van der Waals surface area contributed by atoms with Crippen LogP contribution in [0, 0.1) is 5.92 Å². The molecule has 13 heavy (non-hydrogen) atoms. The Morgan fingerprint density at radius 2 is 2.31 bits per heavy atom. The molecule has 1 heterocycles. The van der Waals surface area contributed by atoms with Crippen molar-refractivity contribution in [1.82, 2.24) is 0 Å². The molecule has 0 unspecified atom stereocenters. The summed E-state index contributed by atoms with van der Waals surface area (Å²) >= 11 is 5.09. The van der Waals surface area contributed by atoms with E-state index >= 15 is 0 Å². The van der Waals surface area contributed by atoms with Crippen LogP contribution < -0.4 is 0 Å². The summed E-state index contributed by atoms with van der Waals surface area (Å²) in [5, 5.41) is 9.09. The molecule has 1 rings (SSSR count). The number of aliphatic hydroxyl groups is 1. The fourth-order valence-corrected chi connectivity index (χ4v) is 2.38. The lowest BCUT2D eigenvalue weighted by Crippen LogP contribution is -1.98. The average molecular weight is 261 g/mol. The monoisotopic (exact) mass is 260 g/mol. The lowest BCUT2D eigenvalue weighted by molar-refractivity contribution is 0.320. The molecule has 0 spiro atoms. The third kappa shape index (κ3) is 3.25. The molecule has 0 saturated carbocycles. The van der Waals surface area contributed by atoms with Crippen LogP contribution in [0.4, 0.5) is 0 Å². The van der Waals surface area contributed by atoms with Gasteiger partial charge in [0.25, 0.3) is 0 Å². The maximum absolute atomic E-state index is 9.09. The molecular formula is C10H13BrOS. The van der Waals surface area contributed by atoms with Crippen LogP contribution in [0.15, 0.2) is 21.5 Å². The third-order valence-electron chi connectivity index (χ3n) is 1.85. The Labute approximate surface area is 91.2 Å². The zero-order valence-electron chi connectivity index (χ0n) is 7.75. The fourth-order valence-electron chi connectivity index (χ4n) is 0.983. The van der Waals surface area contributed by atoms with Crippen molar-refractivity contribution in [3.63, 3.8) is 0 Å². The summed E-state index contributed by atoms with van der Waals surface area (Å²) in [7, 11) is 0. The Morgan fingerprint density at radius 1 is 1.62 bits per heavy atom. The van der Waals surface area contributed by atoms with Crippen LogP contribution in [0.25, 0.3) is 6.08 Å². The Balaban J connectivity index is 2.84. The van der Waals surface area contributed by atoms with Crippen molar-refractivity contribution >= 4 is 33.3 Å². The van der Waals surface area contributed by atoms with Crippen molar-refractivity contribution in [2.24, 2.45) is 5.92 Å². The lowest BCUT2D eigenvalue weighted by Gasteiger charge is -2.06. The van der Waals surface area contributed by atoms with Crippen molar-refractivity contribution < 1.29 is 5.11 Å². The van der Waals surface area contributed by atoms with Crippen LogP contribution in [-0.2, 0) is 0 Å². The van der Waals surface area contributed by atoms with Crippen molar-refractivity contribution in [2.75, 3.05) is 6.61 Å². The van der Waals surface area contributed by atoms with E-state index in [1.807, 2.05) is 12.1 Å². The lowest BCUT2D eigenvalue weighted by atomic mass is 10.0. The minimum atomic E-state index is 0.146. The highest BCUT2D eigenvalue weighted by molar-refractivity contribution is 9.11. The quantitative estimate of drug-likeness (QED) is 0.882. The number of rotatable bonds is 3. The Bertz CT molecular complexity index is 302. The van der Waals surface area contributed by atoms with Gasteiger partial charge in [0, 0.05) is 4.88 Å². The van der Waals surface area contributed by atoms with Gasteiger partial charge in [0.05, 0.1) is 10.4 Å². The summed E-state index contributed by atoms with van der Waals surface area (Å²) in [5.74, 6) is 0.408. The standard InChI is InChI=1S/C10H13BrOS/c1-7(2)8(6-12)5-9-3-4-10(11)13-9/h3-5,7,12H,6H2,1-2H3/b8-5+. The van der Waals surface area contributed by atoms with Crippen molar-refractivity contribution in [2.45, 2.75) is 13.8 Å². The number of aliphatic hydroxyl groups excluding tert-OH is 1. The molecule has 0 saturated heterocycles. The minimum Gasteiger partial charge on any atom is -0.392 e. The SMILES string of the molecule is CC(C)/C(=C/c1ccc(Br)s1)CO. The summed E-state index contributed by atoms with van der Waals surface area (Å²) in [6.45, 7) is 4.32. The van der Waals surface area contributed by atoms with Crippen molar-refractivity contribution in [1.29, 1.82) is 0 Å². The maximum Gasteiger partial charge on any atom is 0.0704 e. The van der Waals surface area contributed by atoms with Gasteiger partial charge in [0.15, 0.2) is 0 Å². The summed E-state index contributed by atoms with van der Waals surface area (Å²) in [4.78, 5) is 1.18. The van der Waals surface area contributed by atoms with E-state index in [0.717, 1.165) is 9.36 Å². The smallest absolute Gasteiger partial charge is 0.0704 e. The summed E-state index contributed by atoms with van der Waals surface area (Å²) in [6, 6.07) is 4.07. The molecule has 0 aliphatic rings. The molecule has 0 amide bonds.